The quantitative estimate of drug-likeness (QED) is 0.392. The number of ether oxygens (including phenoxy) is 1. The Balaban J connectivity index is 1.42. The van der Waals surface area contributed by atoms with Gasteiger partial charge < -0.3 is 25.8 Å². The molecule has 8 nitrogen and oxygen atoms in total. The lowest BCUT2D eigenvalue weighted by atomic mass is 9.79. The van der Waals surface area contributed by atoms with Crippen molar-refractivity contribution in [3.8, 4) is 5.75 Å². The molecule has 2 amide bonds. The van der Waals surface area contributed by atoms with Gasteiger partial charge in [0.2, 0.25) is 5.91 Å². The number of carbonyl (C=O) groups is 2. The number of hydrogen-bond acceptors (Lipinski definition) is 5. The number of rotatable bonds is 6. The molecule has 33 heavy (non-hydrogen) atoms. The number of nitrogens with zero attached hydrogens (tertiary/aromatic N) is 1. The van der Waals surface area contributed by atoms with E-state index in [0.717, 1.165) is 23.1 Å². The number of fused-ring (bicyclic) bond motifs is 1. The first-order chi connectivity index (χ1) is 15.8. The summed E-state index contributed by atoms with van der Waals surface area (Å²) in [6.07, 6.45) is 2.44. The van der Waals surface area contributed by atoms with Gasteiger partial charge in [-0.1, -0.05) is 30.3 Å². The van der Waals surface area contributed by atoms with E-state index in [9.17, 15) is 14.7 Å². The van der Waals surface area contributed by atoms with Crippen molar-refractivity contribution < 1.29 is 19.4 Å². The minimum absolute atomic E-state index is 0.00703. The van der Waals surface area contributed by atoms with Gasteiger partial charge in [-0.3, -0.25) is 15.0 Å². The standard InChI is InChI=1S/C25H30N4O4/c1-33-20-9-8-17-10-11-25(32,14-19(17)13-20)24(31)29-12-2-3-21(29)23(30)28-15-16-4-6-18(7-5-16)22(26)27/h4-9,13,21,32H,2-3,10-12,14-15H2,1H3,(H3,26,27)(H,28,30)/t21-,25?/m0/s1. The summed E-state index contributed by atoms with van der Waals surface area (Å²) in [5.41, 5.74) is 7.47. The first-order valence-corrected chi connectivity index (χ1v) is 11.2. The largest absolute Gasteiger partial charge is 0.497 e. The van der Waals surface area contributed by atoms with Crippen LogP contribution in [0.5, 0.6) is 5.75 Å². The van der Waals surface area contributed by atoms with Gasteiger partial charge in [-0.15, -0.1) is 0 Å². The molecule has 1 heterocycles. The molecule has 5 N–H and O–H groups in total. The average Bonchev–Trinajstić information content (AvgIpc) is 3.31. The van der Waals surface area contributed by atoms with Crippen molar-refractivity contribution >= 4 is 17.6 Å². The van der Waals surface area contributed by atoms with Gasteiger partial charge in [0.1, 0.15) is 23.2 Å². The lowest BCUT2D eigenvalue weighted by Gasteiger charge is -2.37. The van der Waals surface area contributed by atoms with E-state index in [-0.39, 0.29) is 24.1 Å². The first-order valence-electron chi connectivity index (χ1n) is 11.2. The van der Waals surface area contributed by atoms with Crippen molar-refractivity contribution in [2.45, 2.75) is 50.3 Å². The summed E-state index contributed by atoms with van der Waals surface area (Å²) in [4.78, 5) is 27.9. The van der Waals surface area contributed by atoms with Crippen molar-refractivity contribution in [2.75, 3.05) is 13.7 Å². The summed E-state index contributed by atoms with van der Waals surface area (Å²) in [5, 5.41) is 21.7. The SMILES string of the molecule is COc1ccc2c(c1)CC(O)(C(=O)N1CCC[C@H]1C(=O)NCc1ccc(C(=N)N)cc1)CC2. The molecule has 1 aliphatic heterocycles. The Kier molecular flexibility index (Phi) is 6.37. The van der Waals surface area contributed by atoms with Crippen LogP contribution in [0.4, 0.5) is 0 Å². The first kappa shape index (κ1) is 22.8. The number of nitrogen functional groups attached to an aromatic ring is 1. The second kappa shape index (κ2) is 9.23. The molecule has 2 aromatic rings. The molecule has 1 saturated heterocycles. The molecule has 2 aliphatic rings. The summed E-state index contributed by atoms with van der Waals surface area (Å²) in [6, 6.07) is 12.2. The van der Waals surface area contributed by atoms with Gasteiger partial charge in [-0.05, 0) is 54.5 Å². The average molecular weight is 451 g/mol. The zero-order chi connectivity index (χ0) is 23.6. The number of nitrogens with two attached hydrogens (primary N) is 1. The minimum atomic E-state index is -1.52. The molecule has 2 atom stereocenters. The van der Waals surface area contributed by atoms with Crippen LogP contribution in [0.25, 0.3) is 0 Å². The summed E-state index contributed by atoms with van der Waals surface area (Å²) < 4.78 is 5.29. The van der Waals surface area contributed by atoms with E-state index in [1.54, 1.807) is 24.1 Å². The third kappa shape index (κ3) is 4.71. The van der Waals surface area contributed by atoms with Crippen LogP contribution in [0.2, 0.25) is 0 Å². The van der Waals surface area contributed by atoms with E-state index in [0.29, 0.717) is 43.7 Å². The number of benzene rings is 2. The van der Waals surface area contributed by atoms with Crippen LogP contribution >= 0.6 is 0 Å². The molecule has 0 aromatic heterocycles. The Bertz CT molecular complexity index is 1070. The maximum absolute atomic E-state index is 13.4. The molecule has 0 saturated carbocycles. The maximum atomic E-state index is 13.4. The summed E-state index contributed by atoms with van der Waals surface area (Å²) in [6.45, 7) is 0.768. The van der Waals surface area contributed by atoms with Gasteiger partial charge in [-0.2, -0.15) is 0 Å². The number of aliphatic hydroxyl groups is 1. The molecular formula is C25H30N4O4. The Morgan fingerprint density at radius 1 is 1.24 bits per heavy atom. The molecule has 2 aromatic carbocycles. The van der Waals surface area contributed by atoms with Crippen molar-refractivity contribution in [3.63, 3.8) is 0 Å². The Morgan fingerprint density at radius 2 is 2.00 bits per heavy atom. The molecule has 0 spiro atoms. The van der Waals surface area contributed by atoms with Crippen molar-refractivity contribution in [3.05, 3.63) is 64.7 Å². The highest BCUT2D eigenvalue weighted by Gasteiger charge is 2.46. The number of hydrogen-bond donors (Lipinski definition) is 4. The fourth-order valence-corrected chi connectivity index (χ4v) is 4.72. The fraction of sp³-hybridized carbons (Fsp3) is 0.400. The smallest absolute Gasteiger partial charge is 0.255 e. The molecule has 1 unspecified atom stereocenters. The predicted octanol–water partition coefficient (Wildman–Crippen LogP) is 1.51. The van der Waals surface area contributed by atoms with Gasteiger partial charge in [0, 0.05) is 25.1 Å². The lowest BCUT2D eigenvalue weighted by Crippen LogP contribution is -2.56. The number of aryl methyl sites for hydroxylation is 1. The summed E-state index contributed by atoms with van der Waals surface area (Å²) in [5.74, 6) is 0.0880. The maximum Gasteiger partial charge on any atom is 0.255 e. The van der Waals surface area contributed by atoms with Crippen molar-refractivity contribution in [1.82, 2.24) is 10.2 Å². The highest BCUT2D eigenvalue weighted by Crippen LogP contribution is 2.34. The molecule has 0 bridgehead atoms. The molecule has 0 radical (unpaired) electrons. The van der Waals surface area contributed by atoms with Crippen LogP contribution in [-0.2, 0) is 29.0 Å². The van der Waals surface area contributed by atoms with Crippen LogP contribution < -0.4 is 15.8 Å². The second-order valence-corrected chi connectivity index (χ2v) is 8.83. The van der Waals surface area contributed by atoms with E-state index in [1.165, 1.54) is 0 Å². The number of amidine groups is 1. The van der Waals surface area contributed by atoms with Gasteiger partial charge in [0.25, 0.3) is 5.91 Å². The molecule has 174 valence electrons. The van der Waals surface area contributed by atoms with Crippen molar-refractivity contribution in [1.29, 1.82) is 5.41 Å². The topological polar surface area (TPSA) is 129 Å². The third-order valence-electron chi connectivity index (χ3n) is 6.65. The van der Waals surface area contributed by atoms with Gasteiger partial charge in [0.15, 0.2) is 0 Å². The van der Waals surface area contributed by atoms with E-state index in [1.807, 2.05) is 30.3 Å². The highest BCUT2D eigenvalue weighted by atomic mass is 16.5. The number of amides is 2. The molecular weight excluding hydrogens is 420 g/mol. The number of likely N-dealkylation sites (tertiary alicyclic amines) is 1. The predicted molar refractivity (Wildman–Crippen MR) is 124 cm³/mol. The zero-order valence-electron chi connectivity index (χ0n) is 18.8. The molecule has 1 aliphatic carbocycles. The summed E-state index contributed by atoms with van der Waals surface area (Å²) in [7, 11) is 1.59. The Morgan fingerprint density at radius 3 is 2.70 bits per heavy atom. The Hall–Kier alpha value is -3.39. The molecule has 1 fully saturated rings. The monoisotopic (exact) mass is 450 g/mol. The van der Waals surface area contributed by atoms with E-state index >= 15 is 0 Å². The lowest BCUT2D eigenvalue weighted by molar-refractivity contribution is -0.156. The number of carbonyl (C=O) groups excluding carboxylic acids is 2. The number of nitrogens with one attached hydrogen (secondary N) is 2. The second-order valence-electron chi connectivity index (χ2n) is 8.83. The van der Waals surface area contributed by atoms with Crippen LogP contribution in [-0.4, -0.2) is 53.0 Å². The minimum Gasteiger partial charge on any atom is -0.497 e. The van der Waals surface area contributed by atoms with Crippen LogP contribution in [0.15, 0.2) is 42.5 Å². The molecule has 8 heteroatoms. The van der Waals surface area contributed by atoms with Gasteiger partial charge >= 0.3 is 0 Å². The zero-order valence-corrected chi connectivity index (χ0v) is 18.8. The highest BCUT2D eigenvalue weighted by molar-refractivity contribution is 5.95. The Labute approximate surface area is 193 Å². The van der Waals surface area contributed by atoms with E-state index in [4.69, 9.17) is 15.9 Å². The van der Waals surface area contributed by atoms with E-state index < -0.39 is 11.6 Å². The van der Waals surface area contributed by atoms with Gasteiger partial charge in [-0.25, -0.2) is 0 Å². The number of methoxy groups -OCH3 is 1. The summed E-state index contributed by atoms with van der Waals surface area (Å²) >= 11 is 0. The van der Waals surface area contributed by atoms with Crippen LogP contribution in [0, 0.1) is 5.41 Å². The van der Waals surface area contributed by atoms with E-state index in [2.05, 4.69) is 5.32 Å². The van der Waals surface area contributed by atoms with Gasteiger partial charge in [0.05, 0.1) is 7.11 Å². The van der Waals surface area contributed by atoms with Crippen LogP contribution in [0.3, 0.4) is 0 Å². The fourth-order valence-electron chi connectivity index (χ4n) is 4.72. The molecule has 4 rings (SSSR count). The third-order valence-corrected chi connectivity index (χ3v) is 6.65. The van der Waals surface area contributed by atoms with Crippen LogP contribution in [0.1, 0.15) is 41.5 Å². The van der Waals surface area contributed by atoms with Crippen molar-refractivity contribution in [2.24, 2.45) is 5.73 Å². The normalized spacial score (nSPS) is 21.9.